The van der Waals surface area contributed by atoms with Crippen molar-refractivity contribution in [2.75, 3.05) is 6.54 Å². The molecule has 0 N–H and O–H groups in total. The topological polar surface area (TPSA) is 46.8 Å². The highest BCUT2D eigenvalue weighted by Gasteiger charge is 2.20. The summed E-state index contributed by atoms with van der Waals surface area (Å²) in [5.74, 6) is 1.88. The standard InChI is InChI=1S/C20H22ClN5/c1-13-14(2)25(3)19(23-13)12-26-9-8-18-16(11-26)10-22-20(24-18)15-4-6-17(21)7-5-15/h4-7,10H,8-9,11-12H2,1-3H3. The van der Waals surface area contributed by atoms with Crippen LogP contribution in [0, 0.1) is 13.8 Å². The van der Waals surface area contributed by atoms with E-state index in [1.54, 1.807) is 0 Å². The number of aromatic nitrogens is 4. The summed E-state index contributed by atoms with van der Waals surface area (Å²) in [4.78, 5) is 16.5. The van der Waals surface area contributed by atoms with Crippen LogP contribution in [0.1, 0.15) is 28.5 Å². The Morgan fingerprint density at radius 1 is 1.12 bits per heavy atom. The first-order valence-corrected chi connectivity index (χ1v) is 9.21. The molecule has 4 rings (SSSR count). The molecule has 5 nitrogen and oxygen atoms in total. The molecule has 3 aromatic rings. The maximum Gasteiger partial charge on any atom is 0.159 e. The van der Waals surface area contributed by atoms with Gasteiger partial charge in [0.1, 0.15) is 5.82 Å². The van der Waals surface area contributed by atoms with Crippen molar-refractivity contribution in [1.82, 2.24) is 24.4 Å². The highest BCUT2D eigenvalue weighted by atomic mass is 35.5. The van der Waals surface area contributed by atoms with Crippen LogP contribution in [0.4, 0.5) is 0 Å². The highest BCUT2D eigenvalue weighted by Crippen LogP contribution is 2.23. The van der Waals surface area contributed by atoms with Gasteiger partial charge in [0.25, 0.3) is 0 Å². The van der Waals surface area contributed by atoms with Gasteiger partial charge in [-0.05, 0) is 38.1 Å². The van der Waals surface area contributed by atoms with E-state index in [1.165, 1.54) is 11.3 Å². The maximum atomic E-state index is 5.97. The van der Waals surface area contributed by atoms with Crippen molar-refractivity contribution in [2.45, 2.75) is 33.4 Å². The summed E-state index contributed by atoms with van der Waals surface area (Å²) in [6.45, 7) is 6.87. The van der Waals surface area contributed by atoms with Crippen LogP contribution in [-0.4, -0.2) is 31.0 Å². The Labute approximate surface area is 158 Å². The fourth-order valence-electron chi connectivity index (χ4n) is 3.37. The fraction of sp³-hybridized carbons (Fsp3) is 0.350. The van der Waals surface area contributed by atoms with Gasteiger partial charge in [0, 0.05) is 54.6 Å². The summed E-state index contributed by atoms with van der Waals surface area (Å²) in [7, 11) is 2.09. The molecule has 2 aromatic heterocycles. The zero-order valence-electron chi connectivity index (χ0n) is 15.3. The highest BCUT2D eigenvalue weighted by molar-refractivity contribution is 6.30. The molecular formula is C20H22ClN5. The summed E-state index contributed by atoms with van der Waals surface area (Å²) >= 11 is 5.97. The van der Waals surface area contributed by atoms with Gasteiger partial charge in [0.2, 0.25) is 0 Å². The Morgan fingerprint density at radius 3 is 2.58 bits per heavy atom. The van der Waals surface area contributed by atoms with Crippen LogP contribution in [0.3, 0.4) is 0 Å². The van der Waals surface area contributed by atoms with Gasteiger partial charge < -0.3 is 4.57 Å². The number of imidazole rings is 1. The van der Waals surface area contributed by atoms with Gasteiger partial charge in [-0.1, -0.05) is 11.6 Å². The number of hydrogen-bond donors (Lipinski definition) is 0. The molecule has 134 valence electrons. The van der Waals surface area contributed by atoms with Crippen LogP contribution in [0.5, 0.6) is 0 Å². The summed E-state index contributed by atoms with van der Waals surface area (Å²) in [6.07, 6.45) is 2.90. The third-order valence-corrected chi connectivity index (χ3v) is 5.44. The molecule has 0 saturated heterocycles. The van der Waals surface area contributed by atoms with Gasteiger partial charge in [-0.2, -0.15) is 0 Å². The first-order chi connectivity index (χ1) is 12.5. The van der Waals surface area contributed by atoms with Crippen molar-refractivity contribution in [3.05, 3.63) is 64.0 Å². The van der Waals surface area contributed by atoms with Gasteiger partial charge in [-0.25, -0.2) is 15.0 Å². The third-order valence-electron chi connectivity index (χ3n) is 5.19. The van der Waals surface area contributed by atoms with Crippen LogP contribution < -0.4 is 0 Å². The normalized spacial score (nSPS) is 14.5. The van der Waals surface area contributed by atoms with Crippen LogP contribution in [-0.2, 0) is 26.6 Å². The van der Waals surface area contributed by atoms with E-state index in [1.807, 2.05) is 30.5 Å². The maximum absolute atomic E-state index is 5.97. The van der Waals surface area contributed by atoms with E-state index in [2.05, 4.69) is 35.3 Å². The first-order valence-electron chi connectivity index (χ1n) is 8.83. The van der Waals surface area contributed by atoms with Crippen molar-refractivity contribution in [2.24, 2.45) is 7.05 Å². The fourth-order valence-corrected chi connectivity index (χ4v) is 3.50. The van der Waals surface area contributed by atoms with Crippen LogP contribution in [0.25, 0.3) is 11.4 Å². The molecule has 1 aliphatic heterocycles. The van der Waals surface area contributed by atoms with Crippen molar-refractivity contribution in [3.8, 4) is 11.4 Å². The molecule has 0 atom stereocenters. The van der Waals surface area contributed by atoms with Gasteiger partial charge in [-0.3, -0.25) is 4.90 Å². The van der Waals surface area contributed by atoms with E-state index in [0.29, 0.717) is 0 Å². The molecule has 0 radical (unpaired) electrons. The average molecular weight is 368 g/mol. The van der Waals surface area contributed by atoms with E-state index in [-0.39, 0.29) is 0 Å². The van der Waals surface area contributed by atoms with E-state index in [4.69, 9.17) is 21.6 Å². The Hall–Kier alpha value is -2.24. The Morgan fingerprint density at radius 2 is 1.88 bits per heavy atom. The largest absolute Gasteiger partial charge is 0.334 e. The molecule has 6 heteroatoms. The quantitative estimate of drug-likeness (QED) is 0.708. The number of hydrogen-bond acceptors (Lipinski definition) is 4. The summed E-state index contributed by atoms with van der Waals surface area (Å²) in [5, 5.41) is 0.724. The minimum absolute atomic E-state index is 0.724. The van der Waals surface area contributed by atoms with E-state index < -0.39 is 0 Å². The minimum Gasteiger partial charge on any atom is -0.334 e. The molecule has 0 saturated carbocycles. The minimum atomic E-state index is 0.724. The van der Waals surface area contributed by atoms with Crippen molar-refractivity contribution < 1.29 is 0 Å². The van der Waals surface area contributed by atoms with Crippen LogP contribution in [0.2, 0.25) is 5.02 Å². The molecule has 0 bridgehead atoms. The van der Waals surface area contributed by atoms with Gasteiger partial charge in [0.15, 0.2) is 5.82 Å². The molecule has 0 unspecified atom stereocenters. The molecule has 0 fully saturated rings. The lowest BCUT2D eigenvalue weighted by atomic mass is 10.1. The molecule has 0 spiro atoms. The Kier molecular flexibility index (Phi) is 4.51. The SMILES string of the molecule is Cc1nc(CN2CCc3nc(-c4ccc(Cl)cc4)ncc3C2)n(C)c1C. The third kappa shape index (κ3) is 3.24. The van der Waals surface area contributed by atoms with Crippen LogP contribution in [0.15, 0.2) is 30.5 Å². The summed E-state index contributed by atoms with van der Waals surface area (Å²) in [5.41, 5.74) is 5.69. The van der Waals surface area contributed by atoms with E-state index >= 15 is 0 Å². The van der Waals surface area contributed by atoms with Crippen LogP contribution >= 0.6 is 11.6 Å². The molecular weight excluding hydrogens is 346 g/mol. The van der Waals surface area contributed by atoms with Gasteiger partial charge in [0.05, 0.1) is 17.9 Å². The first kappa shape index (κ1) is 17.2. The van der Waals surface area contributed by atoms with Crippen molar-refractivity contribution >= 4 is 11.6 Å². The average Bonchev–Trinajstić information content (AvgIpc) is 2.89. The number of rotatable bonds is 3. The molecule has 26 heavy (non-hydrogen) atoms. The van der Waals surface area contributed by atoms with E-state index in [9.17, 15) is 0 Å². The smallest absolute Gasteiger partial charge is 0.159 e. The molecule has 0 aliphatic carbocycles. The van der Waals surface area contributed by atoms with E-state index in [0.717, 1.165) is 59.7 Å². The van der Waals surface area contributed by atoms with Gasteiger partial charge in [-0.15, -0.1) is 0 Å². The number of halogens is 1. The number of nitrogens with zero attached hydrogens (tertiary/aromatic N) is 5. The lowest BCUT2D eigenvalue weighted by molar-refractivity contribution is 0.234. The summed E-state index contributed by atoms with van der Waals surface area (Å²) < 4.78 is 2.19. The molecule has 1 aromatic carbocycles. The monoisotopic (exact) mass is 367 g/mol. The molecule has 0 amide bonds. The second kappa shape index (κ2) is 6.82. The second-order valence-electron chi connectivity index (χ2n) is 6.89. The second-order valence-corrected chi connectivity index (χ2v) is 7.33. The zero-order valence-corrected chi connectivity index (χ0v) is 16.1. The Bertz CT molecular complexity index is 946. The number of fused-ring (bicyclic) bond motifs is 1. The predicted molar refractivity (Wildman–Crippen MR) is 103 cm³/mol. The van der Waals surface area contributed by atoms with Gasteiger partial charge >= 0.3 is 0 Å². The lowest BCUT2D eigenvalue weighted by Gasteiger charge is -2.27. The Balaban J connectivity index is 1.52. The zero-order chi connectivity index (χ0) is 18.3. The summed E-state index contributed by atoms with van der Waals surface area (Å²) in [6, 6.07) is 7.67. The number of aryl methyl sites for hydroxylation is 1. The predicted octanol–water partition coefficient (Wildman–Crippen LogP) is 3.71. The lowest BCUT2D eigenvalue weighted by Crippen LogP contribution is -2.31. The van der Waals surface area contributed by atoms with Crippen molar-refractivity contribution in [1.29, 1.82) is 0 Å². The number of benzene rings is 1. The van der Waals surface area contributed by atoms with Crippen molar-refractivity contribution in [3.63, 3.8) is 0 Å². The molecule has 3 heterocycles. The molecule has 1 aliphatic rings.